The smallest absolute Gasteiger partial charge is 0.226 e. The van der Waals surface area contributed by atoms with Gasteiger partial charge in [0.2, 0.25) is 5.91 Å². The molecule has 17 heavy (non-hydrogen) atoms. The highest BCUT2D eigenvalue weighted by molar-refractivity contribution is 6.30. The van der Waals surface area contributed by atoms with Crippen molar-refractivity contribution in [2.75, 3.05) is 6.54 Å². The number of amides is 1. The zero-order chi connectivity index (χ0) is 13.1. The number of halogens is 1. The summed E-state index contributed by atoms with van der Waals surface area (Å²) in [5, 5.41) is 3.94. The molecule has 1 atom stereocenters. The largest absolute Gasteiger partial charge is 0.369 e. The molecule has 0 unspecified atom stereocenters. The van der Waals surface area contributed by atoms with Crippen LogP contribution in [0.4, 0.5) is 0 Å². The molecule has 1 rings (SSSR count). The van der Waals surface area contributed by atoms with Gasteiger partial charge in [-0.05, 0) is 38.5 Å². The highest BCUT2D eigenvalue weighted by atomic mass is 35.5. The second-order valence-corrected chi connectivity index (χ2v) is 5.57. The zero-order valence-corrected chi connectivity index (χ0v) is 11.2. The van der Waals surface area contributed by atoms with E-state index in [4.69, 9.17) is 17.3 Å². The summed E-state index contributed by atoms with van der Waals surface area (Å²) in [6.45, 7) is 6.67. The topological polar surface area (TPSA) is 55.1 Å². The first-order valence-electron chi connectivity index (χ1n) is 5.59. The Morgan fingerprint density at radius 3 is 2.29 bits per heavy atom. The molecule has 94 valence electrons. The van der Waals surface area contributed by atoms with Gasteiger partial charge in [-0.1, -0.05) is 23.7 Å². The van der Waals surface area contributed by atoms with Crippen molar-refractivity contribution in [2.45, 2.75) is 32.2 Å². The van der Waals surface area contributed by atoms with Crippen LogP contribution < -0.4 is 11.1 Å². The van der Waals surface area contributed by atoms with Crippen molar-refractivity contribution < 1.29 is 4.79 Å². The maximum absolute atomic E-state index is 11.5. The molecule has 0 heterocycles. The van der Waals surface area contributed by atoms with Gasteiger partial charge < -0.3 is 11.1 Å². The van der Waals surface area contributed by atoms with Gasteiger partial charge >= 0.3 is 0 Å². The molecule has 0 saturated heterocycles. The van der Waals surface area contributed by atoms with Crippen molar-refractivity contribution in [3.05, 3.63) is 34.9 Å². The van der Waals surface area contributed by atoms with Crippen molar-refractivity contribution in [1.29, 1.82) is 0 Å². The second kappa shape index (κ2) is 5.52. The standard InChI is InChI=1S/C13H19ClN2O/c1-13(2,3)16-8-11(12(15)17)9-4-6-10(14)7-5-9/h4-7,11,16H,8H2,1-3H3,(H2,15,17)/t11-/m1/s1. The summed E-state index contributed by atoms with van der Waals surface area (Å²) in [6.07, 6.45) is 0. The third-order valence-corrected chi connectivity index (χ3v) is 2.70. The van der Waals surface area contributed by atoms with Crippen molar-refractivity contribution >= 4 is 17.5 Å². The van der Waals surface area contributed by atoms with Crippen LogP contribution in [0, 0.1) is 0 Å². The lowest BCUT2D eigenvalue weighted by atomic mass is 9.97. The van der Waals surface area contributed by atoms with E-state index >= 15 is 0 Å². The summed E-state index contributed by atoms with van der Waals surface area (Å²) in [7, 11) is 0. The summed E-state index contributed by atoms with van der Waals surface area (Å²) in [6, 6.07) is 7.21. The quantitative estimate of drug-likeness (QED) is 0.866. The third kappa shape index (κ3) is 4.75. The zero-order valence-electron chi connectivity index (χ0n) is 10.5. The van der Waals surface area contributed by atoms with E-state index in [1.807, 2.05) is 32.9 Å². The molecule has 0 fully saturated rings. The number of benzene rings is 1. The lowest BCUT2D eigenvalue weighted by Gasteiger charge is -2.24. The molecule has 1 aromatic rings. The Morgan fingerprint density at radius 1 is 1.35 bits per heavy atom. The van der Waals surface area contributed by atoms with E-state index in [1.54, 1.807) is 12.1 Å². The van der Waals surface area contributed by atoms with Gasteiger partial charge in [0.25, 0.3) is 0 Å². The predicted molar refractivity (Wildman–Crippen MR) is 71.1 cm³/mol. The molecule has 4 heteroatoms. The van der Waals surface area contributed by atoms with Gasteiger partial charge in [-0.2, -0.15) is 0 Å². The van der Waals surface area contributed by atoms with Gasteiger partial charge in [0.1, 0.15) is 0 Å². The molecule has 1 amide bonds. The molecule has 1 aromatic carbocycles. The highest BCUT2D eigenvalue weighted by Gasteiger charge is 2.20. The SMILES string of the molecule is CC(C)(C)NC[C@@H](C(N)=O)c1ccc(Cl)cc1. The third-order valence-electron chi connectivity index (χ3n) is 2.45. The average molecular weight is 255 g/mol. The number of nitrogens with two attached hydrogens (primary N) is 1. The van der Waals surface area contributed by atoms with Crippen LogP contribution in [0.2, 0.25) is 5.02 Å². The van der Waals surface area contributed by atoms with Crippen molar-refractivity contribution in [3.8, 4) is 0 Å². The van der Waals surface area contributed by atoms with Crippen LogP contribution in [0.25, 0.3) is 0 Å². The fourth-order valence-corrected chi connectivity index (χ4v) is 1.61. The number of carbonyl (C=O) groups is 1. The molecule has 3 N–H and O–H groups in total. The average Bonchev–Trinajstić information content (AvgIpc) is 2.18. The van der Waals surface area contributed by atoms with Crippen LogP contribution in [0.5, 0.6) is 0 Å². The van der Waals surface area contributed by atoms with Gasteiger partial charge in [0.15, 0.2) is 0 Å². The Labute approximate surface area is 107 Å². The Morgan fingerprint density at radius 2 is 1.88 bits per heavy atom. The van der Waals surface area contributed by atoms with Gasteiger partial charge in [-0.25, -0.2) is 0 Å². The minimum Gasteiger partial charge on any atom is -0.369 e. The molecule has 0 aliphatic carbocycles. The maximum atomic E-state index is 11.5. The van der Waals surface area contributed by atoms with Gasteiger partial charge in [-0.3, -0.25) is 4.79 Å². The summed E-state index contributed by atoms with van der Waals surface area (Å²) >= 11 is 5.81. The van der Waals surface area contributed by atoms with Crippen LogP contribution in [0.15, 0.2) is 24.3 Å². The minimum atomic E-state index is -0.330. The van der Waals surface area contributed by atoms with E-state index in [2.05, 4.69) is 5.32 Å². The van der Waals surface area contributed by atoms with Crippen LogP contribution in [-0.4, -0.2) is 18.0 Å². The number of hydrogen-bond donors (Lipinski definition) is 2. The second-order valence-electron chi connectivity index (χ2n) is 5.14. The minimum absolute atomic E-state index is 0.0415. The van der Waals surface area contributed by atoms with Crippen molar-refractivity contribution in [3.63, 3.8) is 0 Å². The van der Waals surface area contributed by atoms with Crippen LogP contribution in [0.1, 0.15) is 32.3 Å². The number of carbonyl (C=O) groups excluding carboxylic acids is 1. The monoisotopic (exact) mass is 254 g/mol. The fourth-order valence-electron chi connectivity index (χ4n) is 1.49. The summed E-state index contributed by atoms with van der Waals surface area (Å²) in [5.41, 5.74) is 6.27. The first-order valence-corrected chi connectivity index (χ1v) is 5.97. The number of nitrogens with one attached hydrogen (secondary N) is 1. The van der Waals surface area contributed by atoms with E-state index in [1.165, 1.54) is 0 Å². The lowest BCUT2D eigenvalue weighted by molar-refractivity contribution is -0.119. The van der Waals surface area contributed by atoms with Crippen LogP contribution in [0.3, 0.4) is 0 Å². The molecule has 3 nitrogen and oxygen atoms in total. The molecular weight excluding hydrogens is 236 g/mol. The number of hydrogen-bond acceptors (Lipinski definition) is 2. The van der Waals surface area contributed by atoms with E-state index in [0.29, 0.717) is 11.6 Å². The molecule has 0 spiro atoms. The van der Waals surface area contributed by atoms with E-state index in [-0.39, 0.29) is 17.4 Å². The molecule has 0 aliphatic rings. The summed E-state index contributed by atoms with van der Waals surface area (Å²) in [4.78, 5) is 11.5. The molecule has 0 aliphatic heterocycles. The highest BCUT2D eigenvalue weighted by Crippen LogP contribution is 2.18. The maximum Gasteiger partial charge on any atom is 0.226 e. The van der Waals surface area contributed by atoms with Crippen molar-refractivity contribution in [1.82, 2.24) is 5.32 Å². The fraction of sp³-hybridized carbons (Fsp3) is 0.462. The molecule has 0 saturated carbocycles. The van der Waals surface area contributed by atoms with Gasteiger partial charge in [0, 0.05) is 17.1 Å². The Kier molecular flexibility index (Phi) is 4.54. The first kappa shape index (κ1) is 14.0. The Bertz CT molecular complexity index is 381. The van der Waals surface area contributed by atoms with Crippen LogP contribution in [-0.2, 0) is 4.79 Å². The molecule has 0 radical (unpaired) electrons. The van der Waals surface area contributed by atoms with Crippen molar-refractivity contribution in [2.24, 2.45) is 5.73 Å². The van der Waals surface area contributed by atoms with Gasteiger partial charge in [0.05, 0.1) is 5.92 Å². The Hall–Kier alpha value is -1.06. The normalized spacial score (nSPS) is 13.4. The van der Waals surface area contributed by atoms with E-state index in [9.17, 15) is 4.79 Å². The Balaban J connectivity index is 2.79. The number of primary amides is 1. The summed E-state index contributed by atoms with van der Waals surface area (Å²) < 4.78 is 0. The molecule has 0 aromatic heterocycles. The van der Waals surface area contributed by atoms with E-state index in [0.717, 1.165) is 5.56 Å². The molecule has 0 bridgehead atoms. The predicted octanol–water partition coefficient (Wildman–Crippen LogP) is 2.30. The first-order chi connectivity index (χ1) is 7.79. The molecular formula is C13H19ClN2O. The van der Waals surface area contributed by atoms with E-state index < -0.39 is 0 Å². The van der Waals surface area contributed by atoms with Gasteiger partial charge in [-0.15, -0.1) is 0 Å². The lowest BCUT2D eigenvalue weighted by Crippen LogP contribution is -2.41. The summed E-state index contributed by atoms with van der Waals surface area (Å²) in [5.74, 6) is -0.657. The number of rotatable bonds is 4. The van der Waals surface area contributed by atoms with Crippen LogP contribution >= 0.6 is 11.6 Å².